The van der Waals surface area contributed by atoms with Crippen molar-refractivity contribution >= 4 is 5.69 Å². The van der Waals surface area contributed by atoms with Crippen LogP contribution in [-0.2, 0) is 6.54 Å². The molecule has 1 rings (SSSR count). The van der Waals surface area contributed by atoms with E-state index in [-0.39, 0.29) is 0 Å². The molecule has 2 N–H and O–H groups in total. The van der Waals surface area contributed by atoms with Gasteiger partial charge in [-0.05, 0) is 44.5 Å². The quantitative estimate of drug-likeness (QED) is 0.605. The third-order valence-electron chi connectivity index (χ3n) is 2.83. The normalized spacial score (nSPS) is 10.8. The van der Waals surface area contributed by atoms with Gasteiger partial charge in [-0.3, -0.25) is 4.90 Å². The maximum Gasteiger partial charge on any atom is 0.0622 e. The highest BCUT2D eigenvalue weighted by Crippen LogP contribution is 2.11. The first-order valence-electron chi connectivity index (χ1n) is 6.09. The van der Waals surface area contributed by atoms with Crippen LogP contribution in [0.25, 0.3) is 0 Å². The molecule has 0 radical (unpaired) electrons. The molecule has 0 saturated carbocycles. The van der Waals surface area contributed by atoms with Gasteiger partial charge in [0.25, 0.3) is 0 Å². The molecule has 3 nitrogen and oxygen atoms in total. The Bertz CT molecular complexity index is 362. The Morgan fingerprint density at radius 2 is 1.94 bits per heavy atom. The molecule has 0 atom stereocenters. The van der Waals surface area contributed by atoms with E-state index in [1.54, 1.807) is 0 Å². The summed E-state index contributed by atoms with van der Waals surface area (Å²) in [5.74, 6) is 0. The van der Waals surface area contributed by atoms with Gasteiger partial charge in [-0.2, -0.15) is 5.26 Å². The molecule has 0 amide bonds. The molecule has 0 aromatic heterocycles. The fraction of sp³-hybridized carbons (Fsp3) is 0.500. The summed E-state index contributed by atoms with van der Waals surface area (Å²) in [6.07, 6.45) is 1.56. The van der Waals surface area contributed by atoms with Crippen molar-refractivity contribution < 1.29 is 0 Å². The van der Waals surface area contributed by atoms with Gasteiger partial charge in [-0.15, -0.1) is 0 Å². The van der Waals surface area contributed by atoms with Crippen LogP contribution in [0.2, 0.25) is 0 Å². The molecule has 0 heterocycles. The van der Waals surface area contributed by atoms with Gasteiger partial charge < -0.3 is 5.73 Å². The summed E-state index contributed by atoms with van der Waals surface area (Å²) in [5, 5.41) is 8.56. The maximum atomic E-state index is 8.56. The van der Waals surface area contributed by atoms with Crippen LogP contribution in [0.1, 0.15) is 32.3 Å². The summed E-state index contributed by atoms with van der Waals surface area (Å²) in [7, 11) is 0. The second-order valence-corrected chi connectivity index (χ2v) is 4.57. The van der Waals surface area contributed by atoms with Crippen LogP contribution in [-0.4, -0.2) is 17.5 Å². The number of nitriles is 1. The Morgan fingerprint density at radius 1 is 1.29 bits per heavy atom. The van der Waals surface area contributed by atoms with Gasteiger partial charge in [0, 0.05) is 24.7 Å². The maximum absolute atomic E-state index is 8.56. The largest absolute Gasteiger partial charge is 0.399 e. The molecule has 0 fully saturated rings. The summed E-state index contributed by atoms with van der Waals surface area (Å²) in [4.78, 5) is 2.38. The standard InChI is InChI=1S/C14H21N3/c1-12(2)17(10-4-3-9-15)11-13-5-7-14(16)8-6-13/h5-8,12H,3-4,10-11,16H2,1-2H3. The Hall–Kier alpha value is -1.53. The highest BCUT2D eigenvalue weighted by Gasteiger charge is 2.09. The molecule has 92 valence electrons. The number of unbranched alkanes of at least 4 members (excludes halogenated alkanes) is 1. The molecular weight excluding hydrogens is 210 g/mol. The molecule has 0 spiro atoms. The van der Waals surface area contributed by atoms with Crippen LogP contribution in [0.15, 0.2) is 24.3 Å². The van der Waals surface area contributed by atoms with E-state index < -0.39 is 0 Å². The van der Waals surface area contributed by atoms with Gasteiger partial charge in [0.15, 0.2) is 0 Å². The van der Waals surface area contributed by atoms with Gasteiger partial charge >= 0.3 is 0 Å². The summed E-state index contributed by atoms with van der Waals surface area (Å²) < 4.78 is 0. The number of rotatable bonds is 6. The molecule has 0 aliphatic heterocycles. The number of anilines is 1. The summed E-state index contributed by atoms with van der Waals surface area (Å²) in [5.41, 5.74) is 7.73. The van der Waals surface area contributed by atoms with Crippen molar-refractivity contribution in [2.24, 2.45) is 0 Å². The molecule has 0 aliphatic rings. The minimum Gasteiger partial charge on any atom is -0.399 e. The smallest absolute Gasteiger partial charge is 0.0622 e. The topological polar surface area (TPSA) is 53.0 Å². The number of nitrogens with two attached hydrogens (primary N) is 1. The number of nitrogen functional groups attached to an aromatic ring is 1. The van der Waals surface area contributed by atoms with Crippen molar-refractivity contribution in [3.05, 3.63) is 29.8 Å². The Kier molecular flexibility index (Phi) is 5.51. The van der Waals surface area contributed by atoms with Crippen molar-refractivity contribution in [1.29, 1.82) is 5.26 Å². The molecule has 3 heteroatoms. The lowest BCUT2D eigenvalue weighted by Gasteiger charge is -2.26. The summed E-state index contributed by atoms with van der Waals surface area (Å²) >= 11 is 0. The van der Waals surface area contributed by atoms with Gasteiger partial charge in [-0.25, -0.2) is 0 Å². The van der Waals surface area contributed by atoms with Crippen molar-refractivity contribution in [3.63, 3.8) is 0 Å². The van der Waals surface area contributed by atoms with Gasteiger partial charge in [0.05, 0.1) is 6.07 Å². The molecular formula is C14H21N3. The van der Waals surface area contributed by atoms with Crippen LogP contribution >= 0.6 is 0 Å². The SMILES string of the molecule is CC(C)N(CCCC#N)Cc1ccc(N)cc1. The van der Waals surface area contributed by atoms with Crippen LogP contribution < -0.4 is 5.73 Å². The van der Waals surface area contributed by atoms with E-state index in [9.17, 15) is 0 Å². The van der Waals surface area contributed by atoms with Gasteiger partial charge in [0.2, 0.25) is 0 Å². The molecule has 1 aromatic rings. The van der Waals surface area contributed by atoms with Crippen LogP contribution in [0.3, 0.4) is 0 Å². The Balaban J connectivity index is 2.54. The predicted molar refractivity (Wildman–Crippen MR) is 71.2 cm³/mol. The predicted octanol–water partition coefficient (Wildman–Crippen LogP) is 2.78. The monoisotopic (exact) mass is 231 g/mol. The minimum atomic E-state index is 0.492. The van der Waals surface area contributed by atoms with Crippen molar-refractivity contribution in [2.75, 3.05) is 12.3 Å². The summed E-state index contributed by atoms with van der Waals surface area (Å²) in [6.45, 7) is 6.26. The van der Waals surface area contributed by atoms with Crippen molar-refractivity contribution in [3.8, 4) is 6.07 Å². The Labute approximate surface area is 104 Å². The van der Waals surface area contributed by atoms with E-state index in [4.69, 9.17) is 11.0 Å². The van der Waals surface area contributed by atoms with E-state index in [2.05, 4.69) is 36.9 Å². The number of hydrogen-bond acceptors (Lipinski definition) is 3. The molecule has 0 aliphatic carbocycles. The molecule has 0 unspecified atom stereocenters. The molecule has 1 aromatic carbocycles. The van der Waals surface area contributed by atoms with Crippen LogP contribution in [0.4, 0.5) is 5.69 Å². The average Bonchev–Trinajstić information content (AvgIpc) is 2.30. The molecule has 17 heavy (non-hydrogen) atoms. The molecule has 0 saturated heterocycles. The van der Waals surface area contributed by atoms with E-state index in [1.165, 1.54) is 5.56 Å². The average molecular weight is 231 g/mol. The highest BCUT2D eigenvalue weighted by molar-refractivity contribution is 5.39. The second-order valence-electron chi connectivity index (χ2n) is 4.57. The minimum absolute atomic E-state index is 0.492. The van der Waals surface area contributed by atoms with Crippen molar-refractivity contribution in [2.45, 2.75) is 39.3 Å². The van der Waals surface area contributed by atoms with Crippen LogP contribution in [0.5, 0.6) is 0 Å². The summed E-state index contributed by atoms with van der Waals surface area (Å²) in [6, 6.07) is 10.7. The number of hydrogen-bond donors (Lipinski definition) is 1. The number of benzene rings is 1. The van der Waals surface area contributed by atoms with Crippen LogP contribution in [0, 0.1) is 11.3 Å². The lowest BCUT2D eigenvalue weighted by atomic mass is 10.1. The lowest BCUT2D eigenvalue weighted by Crippen LogP contribution is -2.31. The highest BCUT2D eigenvalue weighted by atomic mass is 15.1. The van der Waals surface area contributed by atoms with Gasteiger partial charge in [0.1, 0.15) is 0 Å². The molecule has 0 bridgehead atoms. The lowest BCUT2D eigenvalue weighted by molar-refractivity contribution is 0.211. The third-order valence-corrected chi connectivity index (χ3v) is 2.83. The first-order chi connectivity index (χ1) is 8.13. The first-order valence-corrected chi connectivity index (χ1v) is 6.09. The van der Waals surface area contributed by atoms with E-state index in [0.717, 1.165) is 25.2 Å². The zero-order chi connectivity index (χ0) is 12.7. The fourth-order valence-electron chi connectivity index (χ4n) is 1.74. The van der Waals surface area contributed by atoms with Crippen molar-refractivity contribution in [1.82, 2.24) is 4.90 Å². The number of nitrogens with zero attached hydrogens (tertiary/aromatic N) is 2. The van der Waals surface area contributed by atoms with E-state index in [0.29, 0.717) is 12.5 Å². The Morgan fingerprint density at radius 3 is 2.47 bits per heavy atom. The van der Waals surface area contributed by atoms with E-state index in [1.807, 2.05) is 12.1 Å². The first kappa shape index (κ1) is 13.5. The van der Waals surface area contributed by atoms with E-state index >= 15 is 0 Å². The second kappa shape index (κ2) is 6.93. The van der Waals surface area contributed by atoms with Gasteiger partial charge in [-0.1, -0.05) is 12.1 Å². The zero-order valence-corrected chi connectivity index (χ0v) is 10.7. The zero-order valence-electron chi connectivity index (χ0n) is 10.7. The third kappa shape index (κ3) is 4.88. The fourth-order valence-corrected chi connectivity index (χ4v) is 1.74.